The summed E-state index contributed by atoms with van der Waals surface area (Å²) in [4.78, 5) is 23.8. The number of ketones is 1. The van der Waals surface area contributed by atoms with Crippen molar-refractivity contribution in [3.05, 3.63) is 29.8 Å². The number of amides is 1. The first-order valence-corrected chi connectivity index (χ1v) is 7.57. The van der Waals surface area contributed by atoms with Gasteiger partial charge in [-0.15, -0.1) is 0 Å². The number of nitrogens with one attached hydrogen (secondary N) is 1. The zero-order valence-electron chi connectivity index (χ0n) is 11.6. The molecule has 3 aliphatic carbocycles. The molecule has 4 atom stereocenters. The highest BCUT2D eigenvalue weighted by atomic mass is 16.2. The average Bonchev–Trinajstić information content (AvgIpc) is 2.88. The Hall–Kier alpha value is -1.64. The fourth-order valence-electron chi connectivity index (χ4n) is 4.72. The molecule has 104 valence electrons. The van der Waals surface area contributed by atoms with Crippen molar-refractivity contribution in [2.75, 3.05) is 5.32 Å². The van der Waals surface area contributed by atoms with E-state index in [-0.39, 0.29) is 17.6 Å². The van der Waals surface area contributed by atoms with Gasteiger partial charge in [0.05, 0.1) is 0 Å². The van der Waals surface area contributed by atoms with E-state index in [1.165, 1.54) is 19.3 Å². The molecule has 3 heteroatoms. The van der Waals surface area contributed by atoms with Crippen LogP contribution in [0.1, 0.15) is 36.5 Å². The van der Waals surface area contributed by atoms with Gasteiger partial charge in [0.2, 0.25) is 5.91 Å². The zero-order valence-corrected chi connectivity index (χ0v) is 11.6. The maximum Gasteiger partial charge on any atom is 0.228 e. The van der Waals surface area contributed by atoms with Crippen LogP contribution in [0.4, 0.5) is 5.69 Å². The molecule has 0 aliphatic heterocycles. The van der Waals surface area contributed by atoms with Crippen LogP contribution in [-0.2, 0) is 4.79 Å². The first-order chi connectivity index (χ1) is 9.65. The third kappa shape index (κ3) is 1.72. The van der Waals surface area contributed by atoms with Crippen molar-refractivity contribution in [3.8, 4) is 0 Å². The van der Waals surface area contributed by atoms with E-state index in [1.54, 1.807) is 19.1 Å². The Morgan fingerprint density at radius 3 is 2.50 bits per heavy atom. The number of Topliss-reactive ketones (excluding diaryl/α,β-unsaturated/α-hetero) is 1. The van der Waals surface area contributed by atoms with Gasteiger partial charge in [-0.3, -0.25) is 9.59 Å². The molecule has 4 rings (SSSR count). The van der Waals surface area contributed by atoms with Crippen LogP contribution in [0.25, 0.3) is 0 Å². The molecule has 0 spiro atoms. The number of rotatable bonds is 3. The van der Waals surface area contributed by atoms with E-state index in [1.807, 2.05) is 12.1 Å². The van der Waals surface area contributed by atoms with E-state index in [4.69, 9.17) is 0 Å². The van der Waals surface area contributed by atoms with Crippen LogP contribution in [0.2, 0.25) is 0 Å². The fraction of sp³-hybridized carbons (Fsp3) is 0.529. The van der Waals surface area contributed by atoms with Crippen molar-refractivity contribution in [3.63, 3.8) is 0 Å². The summed E-state index contributed by atoms with van der Waals surface area (Å²) in [6.45, 7) is 1.55. The van der Waals surface area contributed by atoms with Crippen molar-refractivity contribution >= 4 is 17.4 Å². The van der Waals surface area contributed by atoms with Gasteiger partial charge in [-0.05, 0) is 62.0 Å². The maximum absolute atomic E-state index is 12.4. The molecule has 0 unspecified atom stereocenters. The van der Waals surface area contributed by atoms with Crippen molar-refractivity contribution in [1.29, 1.82) is 0 Å². The molecule has 1 aromatic rings. The summed E-state index contributed by atoms with van der Waals surface area (Å²) in [6.07, 6.45) is 4.02. The van der Waals surface area contributed by atoms with Crippen LogP contribution >= 0.6 is 0 Å². The lowest BCUT2D eigenvalue weighted by molar-refractivity contribution is -0.118. The van der Waals surface area contributed by atoms with Gasteiger partial charge in [-0.2, -0.15) is 0 Å². The van der Waals surface area contributed by atoms with Crippen molar-refractivity contribution < 1.29 is 9.59 Å². The summed E-state index contributed by atoms with van der Waals surface area (Å²) in [5.41, 5.74) is 1.40. The summed E-state index contributed by atoms with van der Waals surface area (Å²) in [7, 11) is 0. The van der Waals surface area contributed by atoms with E-state index in [0.29, 0.717) is 17.4 Å². The minimum Gasteiger partial charge on any atom is -0.326 e. The standard InChI is InChI=1S/C17H19NO2/c1-9(19)10-3-2-4-13(8-10)18-17(20)16-14-11-5-6-12(7-11)15(14)16/h2-4,8,11-12,14-16H,5-7H2,1H3,(H,18,20)/t11-,12-,14+,15+/m0/s1. The molecule has 20 heavy (non-hydrogen) atoms. The highest BCUT2D eigenvalue weighted by Gasteiger charge is 2.67. The second kappa shape index (κ2) is 4.18. The first kappa shape index (κ1) is 12.1. The normalized spacial score (nSPS) is 36.5. The highest BCUT2D eigenvalue weighted by Crippen LogP contribution is 2.69. The Morgan fingerprint density at radius 2 is 1.85 bits per heavy atom. The fourth-order valence-corrected chi connectivity index (χ4v) is 4.72. The predicted molar refractivity (Wildman–Crippen MR) is 76.4 cm³/mol. The largest absolute Gasteiger partial charge is 0.326 e. The van der Waals surface area contributed by atoms with Crippen LogP contribution in [-0.4, -0.2) is 11.7 Å². The molecule has 1 aromatic carbocycles. The van der Waals surface area contributed by atoms with Crippen molar-refractivity contribution in [2.24, 2.45) is 29.6 Å². The Balaban J connectivity index is 1.46. The third-order valence-corrected chi connectivity index (χ3v) is 5.57. The number of anilines is 1. The maximum atomic E-state index is 12.4. The molecule has 0 radical (unpaired) electrons. The van der Waals surface area contributed by atoms with Crippen molar-refractivity contribution in [1.82, 2.24) is 0 Å². The van der Waals surface area contributed by atoms with Gasteiger partial charge in [0, 0.05) is 17.2 Å². The molecule has 1 amide bonds. The lowest BCUT2D eigenvalue weighted by Gasteiger charge is -2.10. The van der Waals surface area contributed by atoms with Gasteiger partial charge in [0.1, 0.15) is 0 Å². The van der Waals surface area contributed by atoms with Crippen LogP contribution in [0.5, 0.6) is 0 Å². The minimum atomic E-state index is 0.0300. The average molecular weight is 269 g/mol. The molecule has 0 aromatic heterocycles. The molecular formula is C17H19NO2. The molecule has 0 heterocycles. The molecule has 0 saturated heterocycles. The van der Waals surface area contributed by atoms with E-state index in [9.17, 15) is 9.59 Å². The van der Waals surface area contributed by atoms with E-state index >= 15 is 0 Å². The van der Waals surface area contributed by atoms with Gasteiger partial charge in [0.15, 0.2) is 5.78 Å². The Labute approximate surface area is 118 Å². The third-order valence-electron chi connectivity index (χ3n) is 5.57. The van der Waals surface area contributed by atoms with Crippen LogP contribution in [0.15, 0.2) is 24.3 Å². The molecule has 2 bridgehead atoms. The number of fused-ring (bicyclic) bond motifs is 5. The number of carbonyl (C=O) groups excluding carboxylic acids is 2. The molecule has 3 fully saturated rings. The summed E-state index contributed by atoms with van der Waals surface area (Å²) >= 11 is 0. The van der Waals surface area contributed by atoms with E-state index < -0.39 is 0 Å². The van der Waals surface area contributed by atoms with Gasteiger partial charge >= 0.3 is 0 Å². The van der Waals surface area contributed by atoms with Gasteiger partial charge < -0.3 is 5.32 Å². The Morgan fingerprint density at radius 1 is 1.15 bits per heavy atom. The smallest absolute Gasteiger partial charge is 0.228 e. The molecule has 3 nitrogen and oxygen atoms in total. The number of hydrogen-bond donors (Lipinski definition) is 1. The van der Waals surface area contributed by atoms with Gasteiger partial charge in [-0.1, -0.05) is 12.1 Å². The summed E-state index contributed by atoms with van der Waals surface area (Å²) in [5, 5.41) is 3.01. The molecular weight excluding hydrogens is 250 g/mol. The second-order valence-corrected chi connectivity index (χ2v) is 6.64. The van der Waals surface area contributed by atoms with Crippen LogP contribution < -0.4 is 5.32 Å². The van der Waals surface area contributed by atoms with E-state index in [2.05, 4.69) is 5.32 Å². The summed E-state index contributed by atoms with van der Waals surface area (Å²) in [5.74, 6) is 3.37. The second-order valence-electron chi connectivity index (χ2n) is 6.64. The lowest BCUT2D eigenvalue weighted by atomic mass is 10.0. The summed E-state index contributed by atoms with van der Waals surface area (Å²) in [6, 6.07) is 7.23. The molecule has 3 saturated carbocycles. The molecule has 3 aliphatic rings. The molecule has 1 N–H and O–H groups in total. The number of benzene rings is 1. The summed E-state index contributed by atoms with van der Waals surface area (Å²) < 4.78 is 0. The minimum absolute atomic E-state index is 0.0300. The van der Waals surface area contributed by atoms with Gasteiger partial charge in [-0.25, -0.2) is 0 Å². The van der Waals surface area contributed by atoms with E-state index in [0.717, 1.165) is 17.5 Å². The quantitative estimate of drug-likeness (QED) is 0.857. The van der Waals surface area contributed by atoms with Crippen molar-refractivity contribution in [2.45, 2.75) is 26.2 Å². The van der Waals surface area contributed by atoms with Crippen LogP contribution in [0, 0.1) is 29.6 Å². The SMILES string of the molecule is CC(=O)c1cccc(NC(=O)C2[C@@H]3[C@H]4CC[C@@H](C4)[C@@H]23)c1. The Kier molecular flexibility index (Phi) is 2.53. The number of hydrogen-bond acceptors (Lipinski definition) is 2. The first-order valence-electron chi connectivity index (χ1n) is 7.57. The monoisotopic (exact) mass is 269 g/mol. The van der Waals surface area contributed by atoms with Crippen LogP contribution in [0.3, 0.4) is 0 Å². The zero-order chi connectivity index (χ0) is 13.9. The topological polar surface area (TPSA) is 46.2 Å². The Bertz CT molecular complexity index is 578. The van der Waals surface area contributed by atoms with Gasteiger partial charge in [0.25, 0.3) is 0 Å². The number of carbonyl (C=O) groups is 2. The predicted octanol–water partition coefficient (Wildman–Crippen LogP) is 3.12. The lowest BCUT2D eigenvalue weighted by Crippen LogP contribution is -2.18. The highest BCUT2D eigenvalue weighted by molar-refractivity contribution is 5.98.